The van der Waals surface area contributed by atoms with Crippen molar-refractivity contribution < 1.29 is 9.53 Å². The van der Waals surface area contributed by atoms with E-state index in [9.17, 15) is 4.79 Å². The van der Waals surface area contributed by atoms with Crippen LogP contribution in [0, 0.1) is 0 Å². The van der Waals surface area contributed by atoms with Gasteiger partial charge in [0.25, 0.3) is 0 Å². The number of thioether (sulfide) groups is 1. The van der Waals surface area contributed by atoms with Crippen LogP contribution in [0.2, 0.25) is 0 Å². The summed E-state index contributed by atoms with van der Waals surface area (Å²) in [4.78, 5) is 15.8. The van der Waals surface area contributed by atoms with Crippen LogP contribution in [0.3, 0.4) is 0 Å². The maximum Gasteiger partial charge on any atom is 0.233 e. The van der Waals surface area contributed by atoms with E-state index in [1.54, 1.807) is 18.9 Å². The zero-order valence-electron chi connectivity index (χ0n) is 13.6. The van der Waals surface area contributed by atoms with Gasteiger partial charge >= 0.3 is 0 Å². The zero-order valence-corrected chi connectivity index (χ0v) is 16.0. The molecule has 0 heterocycles. The molecule has 1 fully saturated rings. The highest BCUT2D eigenvalue weighted by Crippen LogP contribution is 2.30. The molecule has 3 rings (SSSR count). The van der Waals surface area contributed by atoms with Crippen molar-refractivity contribution in [3.63, 3.8) is 0 Å². The molecule has 24 heavy (non-hydrogen) atoms. The number of nitrogens with zero attached hydrogens (tertiary/aromatic N) is 1. The van der Waals surface area contributed by atoms with Crippen LogP contribution >= 0.6 is 27.7 Å². The molecular formula is C19H20BrNO2S. The highest BCUT2D eigenvalue weighted by atomic mass is 79.9. The lowest BCUT2D eigenvalue weighted by atomic mass is 10.2. The molecule has 1 amide bonds. The molecule has 0 unspecified atom stereocenters. The molecule has 0 bridgehead atoms. The lowest BCUT2D eigenvalue weighted by molar-refractivity contribution is -0.129. The van der Waals surface area contributed by atoms with Crippen molar-refractivity contribution in [3.8, 4) is 5.75 Å². The average molecular weight is 406 g/mol. The van der Waals surface area contributed by atoms with Gasteiger partial charge in [-0.15, -0.1) is 11.8 Å². The van der Waals surface area contributed by atoms with Gasteiger partial charge in [-0.3, -0.25) is 4.79 Å². The number of hydrogen-bond acceptors (Lipinski definition) is 3. The monoisotopic (exact) mass is 405 g/mol. The standard InChI is InChI=1S/C19H20BrNO2S/c1-23-17-8-2-14(3-9-17)12-21(16-6-7-16)19(22)13-24-18-10-4-15(20)5-11-18/h2-5,8-11,16H,6-7,12-13H2,1H3. The summed E-state index contributed by atoms with van der Waals surface area (Å²) in [5.41, 5.74) is 1.14. The van der Waals surface area contributed by atoms with Crippen LogP contribution in [0.15, 0.2) is 57.9 Å². The number of methoxy groups -OCH3 is 1. The van der Waals surface area contributed by atoms with Crippen molar-refractivity contribution in [2.75, 3.05) is 12.9 Å². The fourth-order valence-corrected chi connectivity index (χ4v) is 3.54. The topological polar surface area (TPSA) is 29.5 Å². The minimum Gasteiger partial charge on any atom is -0.497 e. The second-order valence-electron chi connectivity index (χ2n) is 5.84. The molecule has 2 aromatic rings. The number of carbonyl (C=O) groups is 1. The van der Waals surface area contributed by atoms with Crippen LogP contribution in [0.4, 0.5) is 0 Å². The van der Waals surface area contributed by atoms with E-state index < -0.39 is 0 Å². The lowest BCUT2D eigenvalue weighted by Gasteiger charge is -2.22. The molecule has 0 radical (unpaired) electrons. The highest BCUT2D eigenvalue weighted by Gasteiger charge is 2.32. The molecule has 0 spiro atoms. The predicted molar refractivity (Wildman–Crippen MR) is 101 cm³/mol. The van der Waals surface area contributed by atoms with E-state index in [2.05, 4.69) is 15.9 Å². The number of ether oxygens (including phenoxy) is 1. The van der Waals surface area contributed by atoms with E-state index in [0.717, 1.165) is 33.5 Å². The Bertz CT molecular complexity index is 684. The van der Waals surface area contributed by atoms with Gasteiger partial charge in [-0.25, -0.2) is 0 Å². The molecule has 0 atom stereocenters. The summed E-state index contributed by atoms with van der Waals surface area (Å²) in [6.45, 7) is 0.675. The van der Waals surface area contributed by atoms with Crippen LogP contribution in [-0.2, 0) is 11.3 Å². The first-order chi connectivity index (χ1) is 11.7. The van der Waals surface area contributed by atoms with Crippen LogP contribution in [-0.4, -0.2) is 29.7 Å². The van der Waals surface area contributed by atoms with Crippen LogP contribution in [0.5, 0.6) is 5.75 Å². The second kappa shape index (κ2) is 8.08. The molecule has 0 aliphatic heterocycles. The number of hydrogen-bond donors (Lipinski definition) is 0. The van der Waals surface area contributed by atoms with E-state index >= 15 is 0 Å². The third kappa shape index (κ3) is 4.77. The van der Waals surface area contributed by atoms with Gasteiger partial charge in [0.2, 0.25) is 5.91 Å². The summed E-state index contributed by atoms with van der Waals surface area (Å²) < 4.78 is 6.24. The number of halogens is 1. The van der Waals surface area contributed by atoms with Gasteiger partial charge in [-0.05, 0) is 54.8 Å². The normalized spacial score (nSPS) is 13.6. The van der Waals surface area contributed by atoms with Gasteiger partial charge in [0.05, 0.1) is 12.9 Å². The minimum atomic E-state index is 0.209. The van der Waals surface area contributed by atoms with E-state index in [4.69, 9.17) is 4.74 Å². The molecular weight excluding hydrogens is 386 g/mol. The quantitative estimate of drug-likeness (QED) is 0.622. The first-order valence-electron chi connectivity index (χ1n) is 7.96. The first-order valence-corrected chi connectivity index (χ1v) is 9.74. The van der Waals surface area contributed by atoms with E-state index in [0.29, 0.717) is 18.3 Å². The van der Waals surface area contributed by atoms with Gasteiger partial charge in [0, 0.05) is 22.0 Å². The highest BCUT2D eigenvalue weighted by molar-refractivity contribution is 9.10. The summed E-state index contributed by atoms with van der Waals surface area (Å²) in [6.07, 6.45) is 2.23. The fraction of sp³-hybridized carbons (Fsp3) is 0.316. The summed E-state index contributed by atoms with van der Waals surface area (Å²) >= 11 is 5.03. The number of rotatable bonds is 7. The van der Waals surface area contributed by atoms with Crippen LogP contribution in [0.25, 0.3) is 0 Å². The molecule has 1 aliphatic carbocycles. The Morgan fingerprint density at radius 2 is 1.83 bits per heavy atom. The Morgan fingerprint density at radius 3 is 2.42 bits per heavy atom. The third-order valence-electron chi connectivity index (χ3n) is 4.00. The van der Waals surface area contributed by atoms with Crippen molar-refractivity contribution in [2.45, 2.75) is 30.3 Å². The van der Waals surface area contributed by atoms with Gasteiger partial charge in [0.1, 0.15) is 5.75 Å². The largest absolute Gasteiger partial charge is 0.497 e. The number of carbonyl (C=O) groups excluding carboxylic acids is 1. The Hall–Kier alpha value is -1.46. The van der Waals surface area contributed by atoms with Crippen molar-refractivity contribution in [1.29, 1.82) is 0 Å². The zero-order chi connectivity index (χ0) is 16.9. The van der Waals surface area contributed by atoms with Gasteiger partial charge in [-0.1, -0.05) is 28.1 Å². The average Bonchev–Trinajstić information content (AvgIpc) is 3.44. The Morgan fingerprint density at radius 1 is 1.17 bits per heavy atom. The molecule has 5 heteroatoms. The first kappa shape index (κ1) is 17.4. The molecule has 2 aromatic carbocycles. The van der Waals surface area contributed by atoms with Crippen LogP contribution in [0.1, 0.15) is 18.4 Å². The maximum absolute atomic E-state index is 12.7. The summed E-state index contributed by atoms with van der Waals surface area (Å²) in [5.74, 6) is 1.53. The SMILES string of the molecule is COc1ccc(CN(C(=O)CSc2ccc(Br)cc2)C2CC2)cc1. The Kier molecular flexibility index (Phi) is 5.85. The number of amides is 1. The van der Waals surface area contributed by atoms with Gasteiger partial charge in [0.15, 0.2) is 0 Å². The maximum atomic E-state index is 12.7. The van der Waals surface area contributed by atoms with E-state index in [1.165, 1.54) is 0 Å². The molecule has 126 valence electrons. The molecule has 0 N–H and O–H groups in total. The third-order valence-corrected chi connectivity index (χ3v) is 5.52. The predicted octanol–water partition coefficient (Wildman–Crippen LogP) is 4.74. The van der Waals surface area contributed by atoms with Crippen molar-refractivity contribution in [3.05, 3.63) is 58.6 Å². The summed E-state index contributed by atoms with van der Waals surface area (Å²) in [5, 5.41) is 0. The Balaban J connectivity index is 1.59. The van der Waals surface area contributed by atoms with Gasteiger partial charge < -0.3 is 9.64 Å². The van der Waals surface area contributed by atoms with E-state index in [-0.39, 0.29) is 5.91 Å². The second-order valence-corrected chi connectivity index (χ2v) is 7.81. The Labute approximate surface area is 155 Å². The fourth-order valence-electron chi connectivity index (χ4n) is 2.49. The van der Waals surface area contributed by atoms with Crippen molar-refractivity contribution in [1.82, 2.24) is 4.90 Å². The molecule has 0 aromatic heterocycles. The lowest BCUT2D eigenvalue weighted by Crippen LogP contribution is -2.33. The molecule has 1 saturated carbocycles. The van der Waals surface area contributed by atoms with E-state index in [1.807, 2.05) is 53.4 Å². The summed E-state index contributed by atoms with van der Waals surface area (Å²) in [6, 6.07) is 16.4. The summed E-state index contributed by atoms with van der Waals surface area (Å²) in [7, 11) is 1.66. The van der Waals surface area contributed by atoms with Crippen molar-refractivity contribution >= 4 is 33.6 Å². The number of benzene rings is 2. The minimum absolute atomic E-state index is 0.209. The molecule has 3 nitrogen and oxygen atoms in total. The molecule has 0 saturated heterocycles. The van der Waals surface area contributed by atoms with Gasteiger partial charge in [-0.2, -0.15) is 0 Å². The molecule has 1 aliphatic rings. The smallest absolute Gasteiger partial charge is 0.233 e. The van der Waals surface area contributed by atoms with Crippen LogP contribution < -0.4 is 4.74 Å². The van der Waals surface area contributed by atoms with Crippen molar-refractivity contribution in [2.24, 2.45) is 0 Å².